The summed E-state index contributed by atoms with van der Waals surface area (Å²) in [6.07, 6.45) is 0. The molecule has 0 saturated carbocycles. The lowest BCUT2D eigenvalue weighted by Crippen LogP contribution is -2.41. The first-order chi connectivity index (χ1) is 12.9. The Morgan fingerprint density at radius 1 is 1.00 bits per heavy atom. The number of aromatic nitrogens is 2. The second-order valence-corrected chi connectivity index (χ2v) is 6.21. The highest BCUT2D eigenvalue weighted by Crippen LogP contribution is 2.22. The number of benzene rings is 2. The molecule has 0 fully saturated rings. The number of nitrogens with one attached hydrogen (secondary N) is 2. The Bertz CT molecular complexity index is 1020. The fraction of sp³-hybridized carbons (Fsp3) is 0.105. The molecule has 1 aromatic heterocycles. The number of rotatable bonds is 3. The fourth-order valence-corrected chi connectivity index (χ4v) is 2.65. The van der Waals surface area contributed by atoms with Crippen molar-refractivity contribution in [3.63, 3.8) is 0 Å². The molecule has 3 aromatic rings. The molecular formula is C19H16ClFN4O2. The van der Waals surface area contributed by atoms with Crippen molar-refractivity contribution in [2.45, 2.75) is 13.8 Å². The van der Waals surface area contributed by atoms with Crippen molar-refractivity contribution in [3.8, 4) is 5.69 Å². The number of carbonyl (C=O) groups excluding carboxylic acids is 2. The predicted octanol–water partition coefficient (Wildman–Crippen LogP) is 3.36. The Morgan fingerprint density at radius 2 is 1.63 bits per heavy atom. The zero-order valence-electron chi connectivity index (χ0n) is 14.6. The van der Waals surface area contributed by atoms with E-state index >= 15 is 0 Å². The smallest absolute Gasteiger partial charge is 0.267 e. The van der Waals surface area contributed by atoms with Gasteiger partial charge in [0.15, 0.2) is 0 Å². The van der Waals surface area contributed by atoms with Crippen molar-refractivity contribution in [1.82, 2.24) is 20.6 Å². The molecule has 8 heteroatoms. The number of hydrogen-bond donors (Lipinski definition) is 2. The molecule has 2 aromatic carbocycles. The summed E-state index contributed by atoms with van der Waals surface area (Å²) in [6.45, 7) is 3.66. The Hall–Kier alpha value is -3.19. The van der Waals surface area contributed by atoms with E-state index in [0.29, 0.717) is 16.3 Å². The molecule has 0 saturated heterocycles. The quantitative estimate of drug-likeness (QED) is 0.678. The molecule has 0 spiro atoms. The minimum atomic E-state index is -0.740. The maximum atomic E-state index is 13.6. The molecule has 138 valence electrons. The lowest BCUT2D eigenvalue weighted by molar-refractivity contribution is 0.0844. The van der Waals surface area contributed by atoms with Gasteiger partial charge in [-0.1, -0.05) is 23.7 Å². The van der Waals surface area contributed by atoms with Gasteiger partial charge in [0.05, 0.1) is 27.7 Å². The van der Waals surface area contributed by atoms with E-state index in [4.69, 9.17) is 11.6 Å². The number of aryl methyl sites for hydroxylation is 1. The van der Waals surface area contributed by atoms with Gasteiger partial charge < -0.3 is 0 Å². The zero-order valence-corrected chi connectivity index (χ0v) is 15.3. The summed E-state index contributed by atoms with van der Waals surface area (Å²) < 4.78 is 15.2. The molecule has 0 atom stereocenters. The van der Waals surface area contributed by atoms with Gasteiger partial charge in [-0.2, -0.15) is 5.10 Å². The van der Waals surface area contributed by atoms with Gasteiger partial charge in [0.1, 0.15) is 5.82 Å². The largest absolute Gasteiger partial charge is 0.272 e. The van der Waals surface area contributed by atoms with Crippen LogP contribution in [0.15, 0.2) is 48.5 Å². The van der Waals surface area contributed by atoms with Crippen molar-refractivity contribution in [3.05, 3.63) is 81.9 Å². The molecule has 27 heavy (non-hydrogen) atoms. The standard InChI is InChI=1S/C19H16ClFN4O2/c1-11-17(20)12(2)25(24-11)14-9-7-13(8-10-14)18(26)22-23-19(27)15-5-3-4-6-16(15)21/h3-10H,1-2H3,(H,22,26)(H,23,27). The summed E-state index contributed by atoms with van der Waals surface area (Å²) in [4.78, 5) is 24.1. The number of halogens is 2. The summed E-state index contributed by atoms with van der Waals surface area (Å²) in [7, 11) is 0. The van der Waals surface area contributed by atoms with Crippen molar-refractivity contribution >= 4 is 23.4 Å². The van der Waals surface area contributed by atoms with Crippen LogP contribution in [0.1, 0.15) is 32.1 Å². The minimum absolute atomic E-state index is 0.158. The summed E-state index contributed by atoms with van der Waals surface area (Å²) in [5.41, 5.74) is 6.87. The zero-order chi connectivity index (χ0) is 19.6. The maximum absolute atomic E-state index is 13.6. The van der Waals surface area contributed by atoms with E-state index < -0.39 is 17.6 Å². The molecule has 6 nitrogen and oxygen atoms in total. The fourth-order valence-electron chi connectivity index (χ4n) is 2.53. The third-order valence-corrected chi connectivity index (χ3v) is 4.53. The Balaban J connectivity index is 1.68. The average molecular weight is 387 g/mol. The highest BCUT2D eigenvalue weighted by atomic mass is 35.5. The molecule has 0 radical (unpaired) electrons. The lowest BCUT2D eigenvalue weighted by atomic mass is 10.2. The highest BCUT2D eigenvalue weighted by molar-refractivity contribution is 6.31. The first kappa shape index (κ1) is 18.6. The molecule has 2 amide bonds. The summed E-state index contributed by atoms with van der Waals surface area (Å²) >= 11 is 6.15. The molecule has 2 N–H and O–H groups in total. The van der Waals surface area contributed by atoms with Crippen LogP contribution >= 0.6 is 11.6 Å². The van der Waals surface area contributed by atoms with Crippen LogP contribution in [0.5, 0.6) is 0 Å². The molecule has 0 unspecified atom stereocenters. The molecule has 0 aliphatic rings. The summed E-state index contributed by atoms with van der Waals surface area (Å²) in [5, 5.41) is 4.94. The second-order valence-electron chi connectivity index (χ2n) is 5.83. The van der Waals surface area contributed by atoms with Gasteiger partial charge >= 0.3 is 0 Å². The summed E-state index contributed by atoms with van der Waals surface area (Å²) in [6, 6.07) is 12.1. The Labute approximate surface area is 159 Å². The van der Waals surface area contributed by atoms with Crippen LogP contribution in [0.25, 0.3) is 5.69 Å². The van der Waals surface area contributed by atoms with Gasteiger partial charge in [0, 0.05) is 5.56 Å². The molecule has 0 aliphatic heterocycles. The van der Waals surface area contributed by atoms with E-state index in [-0.39, 0.29) is 5.56 Å². The van der Waals surface area contributed by atoms with Crippen LogP contribution in [-0.2, 0) is 0 Å². The minimum Gasteiger partial charge on any atom is -0.267 e. The van der Waals surface area contributed by atoms with E-state index in [9.17, 15) is 14.0 Å². The van der Waals surface area contributed by atoms with Gasteiger partial charge in [-0.05, 0) is 50.2 Å². The third-order valence-electron chi connectivity index (χ3n) is 3.99. The third kappa shape index (κ3) is 3.83. The van der Waals surface area contributed by atoms with E-state index in [1.807, 2.05) is 13.8 Å². The Morgan fingerprint density at radius 3 is 2.22 bits per heavy atom. The second kappa shape index (κ2) is 7.59. The van der Waals surface area contributed by atoms with E-state index in [1.165, 1.54) is 24.3 Å². The number of nitrogens with zero attached hydrogens (tertiary/aromatic N) is 2. The van der Waals surface area contributed by atoms with Crippen LogP contribution in [0.2, 0.25) is 5.02 Å². The van der Waals surface area contributed by atoms with Crippen LogP contribution in [-0.4, -0.2) is 21.6 Å². The van der Waals surface area contributed by atoms with Crippen molar-refractivity contribution in [2.24, 2.45) is 0 Å². The van der Waals surface area contributed by atoms with Crippen LogP contribution < -0.4 is 10.9 Å². The molecular weight excluding hydrogens is 371 g/mol. The molecule has 1 heterocycles. The van der Waals surface area contributed by atoms with Gasteiger partial charge in [-0.3, -0.25) is 20.4 Å². The number of amides is 2. The van der Waals surface area contributed by atoms with Gasteiger partial charge in [-0.25, -0.2) is 9.07 Å². The van der Waals surface area contributed by atoms with Gasteiger partial charge in [0.25, 0.3) is 11.8 Å². The molecule has 3 rings (SSSR count). The van der Waals surface area contributed by atoms with Crippen LogP contribution in [0.4, 0.5) is 4.39 Å². The van der Waals surface area contributed by atoms with Crippen LogP contribution in [0, 0.1) is 19.7 Å². The average Bonchev–Trinajstić information content (AvgIpc) is 2.93. The summed E-state index contributed by atoms with van der Waals surface area (Å²) in [5.74, 6) is -1.94. The monoisotopic (exact) mass is 386 g/mol. The number of carbonyl (C=O) groups is 2. The highest BCUT2D eigenvalue weighted by Gasteiger charge is 2.14. The maximum Gasteiger partial charge on any atom is 0.272 e. The SMILES string of the molecule is Cc1nn(-c2ccc(C(=O)NNC(=O)c3ccccc3F)cc2)c(C)c1Cl. The molecule has 0 aliphatic carbocycles. The predicted molar refractivity (Wildman–Crippen MR) is 99.4 cm³/mol. The molecule has 0 bridgehead atoms. The lowest BCUT2D eigenvalue weighted by Gasteiger charge is -2.09. The van der Waals surface area contributed by atoms with E-state index in [0.717, 1.165) is 11.4 Å². The van der Waals surface area contributed by atoms with Crippen molar-refractivity contribution in [2.75, 3.05) is 0 Å². The van der Waals surface area contributed by atoms with Gasteiger partial charge in [-0.15, -0.1) is 0 Å². The normalized spacial score (nSPS) is 10.5. The first-order valence-corrected chi connectivity index (χ1v) is 8.43. The number of hydrogen-bond acceptors (Lipinski definition) is 3. The topological polar surface area (TPSA) is 76.0 Å². The Kier molecular flexibility index (Phi) is 5.23. The number of hydrazine groups is 1. The van der Waals surface area contributed by atoms with Crippen LogP contribution in [0.3, 0.4) is 0 Å². The van der Waals surface area contributed by atoms with Gasteiger partial charge in [0.2, 0.25) is 0 Å². The first-order valence-electron chi connectivity index (χ1n) is 8.06. The van der Waals surface area contributed by atoms with Crippen molar-refractivity contribution in [1.29, 1.82) is 0 Å². The van der Waals surface area contributed by atoms with Crippen molar-refractivity contribution < 1.29 is 14.0 Å². The van der Waals surface area contributed by atoms with E-state index in [2.05, 4.69) is 16.0 Å². The van der Waals surface area contributed by atoms with E-state index in [1.54, 1.807) is 28.9 Å².